The van der Waals surface area contributed by atoms with Crippen LogP contribution in [-0.4, -0.2) is 16.9 Å². The predicted octanol–water partition coefficient (Wildman–Crippen LogP) is 4.89. The molecule has 0 unspecified atom stereocenters. The second kappa shape index (κ2) is 8.45. The van der Waals surface area contributed by atoms with Crippen LogP contribution in [0.1, 0.15) is 29.8 Å². The van der Waals surface area contributed by atoms with Gasteiger partial charge in [-0.25, -0.2) is 9.37 Å². The lowest BCUT2D eigenvalue weighted by Crippen LogP contribution is -2.31. The number of nitrogens with zero attached hydrogens (tertiary/aromatic N) is 2. The van der Waals surface area contributed by atoms with Crippen LogP contribution in [0.2, 0.25) is 0 Å². The Balaban J connectivity index is 1.80. The standard InChI is InChI=1S/C22H22FN3O/c1-16(2)26(15-17-6-4-3-5-7-17)21-14-18(12-13-24-21)22(27)25-20-10-8-19(23)9-11-20/h3-14,16H,15H2,1-2H3,(H,25,27). The molecule has 0 radical (unpaired) electrons. The third-order valence-corrected chi connectivity index (χ3v) is 4.22. The van der Waals surface area contributed by atoms with Crippen molar-refractivity contribution in [2.24, 2.45) is 0 Å². The predicted molar refractivity (Wildman–Crippen MR) is 106 cm³/mol. The second-order valence-electron chi connectivity index (χ2n) is 6.57. The molecule has 1 heterocycles. The minimum Gasteiger partial charge on any atom is -0.350 e. The lowest BCUT2D eigenvalue weighted by atomic mass is 10.1. The summed E-state index contributed by atoms with van der Waals surface area (Å²) in [6, 6.07) is 19.5. The number of halogens is 1. The van der Waals surface area contributed by atoms with E-state index in [2.05, 4.69) is 41.2 Å². The molecular formula is C22H22FN3O. The number of carbonyl (C=O) groups excluding carboxylic acids is 1. The van der Waals surface area contributed by atoms with Crippen molar-refractivity contribution in [1.82, 2.24) is 4.98 Å². The highest BCUT2D eigenvalue weighted by molar-refractivity contribution is 6.04. The van der Waals surface area contributed by atoms with Crippen LogP contribution < -0.4 is 10.2 Å². The van der Waals surface area contributed by atoms with E-state index in [1.165, 1.54) is 29.8 Å². The van der Waals surface area contributed by atoms with Gasteiger partial charge in [-0.05, 0) is 55.8 Å². The van der Waals surface area contributed by atoms with Crippen molar-refractivity contribution in [3.63, 3.8) is 0 Å². The highest BCUT2D eigenvalue weighted by atomic mass is 19.1. The quantitative estimate of drug-likeness (QED) is 0.678. The minimum absolute atomic E-state index is 0.216. The summed E-state index contributed by atoms with van der Waals surface area (Å²) in [5, 5.41) is 2.78. The number of benzene rings is 2. The number of carbonyl (C=O) groups is 1. The lowest BCUT2D eigenvalue weighted by molar-refractivity contribution is 0.102. The van der Waals surface area contributed by atoms with Crippen molar-refractivity contribution in [3.05, 3.63) is 89.9 Å². The van der Waals surface area contributed by atoms with Gasteiger partial charge in [-0.15, -0.1) is 0 Å². The lowest BCUT2D eigenvalue weighted by Gasteiger charge is -2.28. The first-order chi connectivity index (χ1) is 13.0. The van der Waals surface area contributed by atoms with E-state index in [9.17, 15) is 9.18 Å². The van der Waals surface area contributed by atoms with E-state index in [4.69, 9.17) is 0 Å². The summed E-state index contributed by atoms with van der Waals surface area (Å²) in [6.07, 6.45) is 1.63. The number of anilines is 2. The van der Waals surface area contributed by atoms with E-state index in [-0.39, 0.29) is 17.8 Å². The van der Waals surface area contributed by atoms with Crippen LogP contribution in [0.25, 0.3) is 0 Å². The Morgan fingerprint density at radius 2 is 1.78 bits per heavy atom. The normalized spacial score (nSPS) is 10.7. The Kier molecular flexibility index (Phi) is 5.81. The summed E-state index contributed by atoms with van der Waals surface area (Å²) in [5.41, 5.74) is 2.22. The molecular weight excluding hydrogens is 341 g/mol. The number of rotatable bonds is 6. The summed E-state index contributed by atoms with van der Waals surface area (Å²) in [7, 11) is 0. The van der Waals surface area contributed by atoms with Gasteiger partial charge in [-0.2, -0.15) is 0 Å². The molecule has 27 heavy (non-hydrogen) atoms. The number of hydrogen-bond donors (Lipinski definition) is 1. The molecule has 1 aromatic heterocycles. The van der Waals surface area contributed by atoms with Gasteiger partial charge in [-0.1, -0.05) is 30.3 Å². The molecule has 4 nitrogen and oxygen atoms in total. The molecule has 1 amide bonds. The smallest absolute Gasteiger partial charge is 0.255 e. The van der Waals surface area contributed by atoms with E-state index in [1.807, 2.05) is 18.2 Å². The van der Waals surface area contributed by atoms with Gasteiger partial charge in [0.15, 0.2) is 0 Å². The number of aromatic nitrogens is 1. The zero-order chi connectivity index (χ0) is 19.2. The first-order valence-corrected chi connectivity index (χ1v) is 8.86. The summed E-state index contributed by atoms with van der Waals surface area (Å²) >= 11 is 0. The van der Waals surface area contributed by atoms with Crippen LogP contribution in [0, 0.1) is 5.82 Å². The first kappa shape index (κ1) is 18.6. The molecule has 0 bridgehead atoms. The zero-order valence-corrected chi connectivity index (χ0v) is 15.4. The zero-order valence-electron chi connectivity index (χ0n) is 15.4. The number of hydrogen-bond acceptors (Lipinski definition) is 3. The highest BCUT2D eigenvalue weighted by Gasteiger charge is 2.15. The monoisotopic (exact) mass is 363 g/mol. The van der Waals surface area contributed by atoms with E-state index in [0.29, 0.717) is 17.8 Å². The van der Waals surface area contributed by atoms with Crippen LogP contribution in [0.4, 0.5) is 15.9 Å². The molecule has 5 heteroatoms. The van der Waals surface area contributed by atoms with Crippen molar-refractivity contribution in [1.29, 1.82) is 0 Å². The fraction of sp³-hybridized carbons (Fsp3) is 0.182. The molecule has 0 saturated carbocycles. The van der Waals surface area contributed by atoms with Crippen molar-refractivity contribution in [3.8, 4) is 0 Å². The third-order valence-electron chi connectivity index (χ3n) is 4.22. The third kappa shape index (κ3) is 4.91. The van der Waals surface area contributed by atoms with E-state index >= 15 is 0 Å². The van der Waals surface area contributed by atoms with E-state index in [1.54, 1.807) is 18.3 Å². The minimum atomic E-state index is -0.340. The maximum atomic E-state index is 13.0. The largest absolute Gasteiger partial charge is 0.350 e. The average Bonchev–Trinajstić information content (AvgIpc) is 2.68. The molecule has 0 saturated heterocycles. The van der Waals surface area contributed by atoms with Crippen molar-refractivity contribution in [2.45, 2.75) is 26.4 Å². The average molecular weight is 363 g/mol. The molecule has 1 N–H and O–H groups in total. The van der Waals surface area contributed by atoms with Gasteiger partial charge in [-0.3, -0.25) is 4.79 Å². The first-order valence-electron chi connectivity index (χ1n) is 8.86. The molecule has 2 aromatic carbocycles. The van der Waals surface area contributed by atoms with Crippen molar-refractivity contribution < 1.29 is 9.18 Å². The molecule has 0 atom stereocenters. The molecule has 0 spiro atoms. The van der Waals surface area contributed by atoms with Gasteiger partial charge in [0.05, 0.1) is 0 Å². The summed E-state index contributed by atoms with van der Waals surface area (Å²) in [4.78, 5) is 19.1. The Hall–Kier alpha value is -3.21. The van der Waals surface area contributed by atoms with Crippen LogP contribution >= 0.6 is 0 Å². The molecule has 0 aliphatic heterocycles. The van der Waals surface area contributed by atoms with Crippen LogP contribution in [0.15, 0.2) is 72.9 Å². The van der Waals surface area contributed by atoms with Gasteiger partial charge >= 0.3 is 0 Å². The molecule has 0 aliphatic carbocycles. The van der Waals surface area contributed by atoms with E-state index < -0.39 is 0 Å². The van der Waals surface area contributed by atoms with E-state index in [0.717, 1.165) is 5.82 Å². The fourth-order valence-corrected chi connectivity index (χ4v) is 2.76. The molecule has 0 aliphatic rings. The van der Waals surface area contributed by atoms with Crippen molar-refractivity contribution in [2.75, 3.05) is 10.2 Å². The molecule has 0 fully saturated rings. The summed E-state index contributed by atoms with van der Waals surface area (Å²) in [5.74, 6) is 0.141. The van der Waals surface area contributed by atoms with Gasteiger partial charge in [0.25, 0.3) is 5.91 Å². The Labute approximate surface area is 158 Å². The molecule has 3 rings (SSSR count). The van der Waals surface area contributed by atoms with Gasteiger partial charge < -0.3 is 10.2 Å². The van der Waals surface area contributed by atoms with Gasteiger partial charge in [0.1, 0.15) is 11.6 Å². The number of pyridine rings is 1. The topological polar surface area (TPSA) is 45.2 Å². The Morgan fingerprint density at radius 1 is 1.07 bits per heavy atom. The molecule has 138 valence electrons. The fourth-order valence-electron chi connectivity index (χ4n) is 2.76. The maximum absolute atomic E-state index is 13.0. The number of amides is 1. The maximum Gasteiger partial charge on any atom is 0.255 e. The second-order valence-corrected chi connectivity index (χ2v) is 6.57. The highest BCUT2D eigenvalue weighted by Crippen LogP contribution is 2.20. The van der Waals surface area contributed by atoms with Gasteiger partial charge in [0, 0.05) is 30.0 Å². The Bertz CT molecular complexity index is 895. The SMILES string of the molecule is CC(C)N(Cc1ccccc1)c1cc(C(=O)Nc2ccc(F)cc2)ccn1. The van der Waals surface area contributed by atoms with Crippen molar-refractivity contribution >= 4 is 17.4 Å². The number of nitrogens with one attached hydrogen (secondary N) is 1. The molecule has 3 aromatic rings. The van der Waals surface area contributed by atoms with Crippen LogP contribution in [0.3, 0.4) is 0 Å². The Morgan fingerprint density at radius 3 is 2.44 bits per heavy atom. The van der Waals surface area contributed by atoms with Crippen LogP contribution in [0.5, 0.6) is 0 Å². The van der Waals surface area contributed by atoms with Crippen LogP contribution in [-0.2, 0) is 6.54 Å². The van der Waals surface area contributed by atoms with Gasteiger partial charge in [0.2, 0.25) is 0 Å². The summed E-state index contributed by atoms with van der Waals surface area (Å²) < 4.78 is 13.0. The summed E-state index contributed by atoms with van der Waals surface area (Å²) in [6.45, 7) is 4.89.